The summed E-state index contributed by atoms with van der Waals surface area (Å²) < 4.78 is 5.17. The van der Waals surface area contributed by atoms with Crippen LogP contribution in [0.4, 0.5) is 0 Å². The van der Waals surface area contributed by atoms with Crippen LogP contribution >= 0.6 is 0 Å². The van der Waals surface area contributed by atoms with Crippen molar-refractivity contribution >= 4 is 5.97 Å². The third-order valence-corrected chi connectivity index (χ3v) is 3.23. The fourth-order valence-electron chi connectivity index (χ4n) is 1.69. The highest BCUT2D eigenvalue weighted by molar-refractivity contribution is 5.73. The molecule has 0 heterocycles. The van der Waals surface area contributed by atoms with Crippen molar-refractivity contribution in [2.45, 2.75) is 26.7 Å². The van der Waals surface area contributed by atoms with Crippen molar-refractivity contribution in [1.82, 2.24) is 5.32 Å². The Kier molecular flexibility index (Phi) is 5.83. The number of rotatable bonds is 8. The first-order chi connectivity index (χ1) is 8.95. The fraction of sp³-hybridized carbons (Fsp3) is 0.533. The van der Waals surface area contributed by atoms with Gasteiger partial charge in [0.25, 0.3) is 0 Å². The van der Waals surface area contributed by atoms with Gasteiger partial charge in [0.2, 0.25) is 0 Å². The molecule has 0 fully saturated rings. The van der Waals surface area contributed by atoms with Crippen LogP contribution in [0.2, 0.25) is 0 Å². The maximum Gasteiger partial charge on any atom is 0.309 e. The lowest BCUT2D eigenvalue weighted by atomic mass is 9.90. The summed E-state index contributed by atoms with van der Waals surface area (Å²) in [5.41, 5.74) is 0.549. The zero-order valence-corrected chi connectivity index (χ0v) is 11.9. The lowest BCUT2D eigenvalue weighted by Gasteiger charge is -2.18. The molecule has 1 aromatic rings. The summed E-state index contributed by atoms with van der Waals surface area (Å²) in [6.07, 6.45) is 1.53. The van der Waals surface area contributed by atoms with Gasteiger partial charge in [0.1, 0.15) is 5.75 Å². The van der Waals surface area contributed by atoms with Crippen LogP contribution in [-0.2, 0) is 11.2 Å². The minimum Gasteiger partial charge on any atom is -0.497 e. The van der Waals surface area contributed by atoms with E-state index in [1.807, 2.05) is 18.2 Å². The smallest absolute Gasteiger partial charge is 0.309 e. The standard InChI is InChI=1S/C15H23NO3/c1-15(2,14(17)18)8-10-16-9-7-12-5-4-6-13(11-12)19-3/h4-6,11,16H,7-10H2,1-3H3,(H,17,18). The van der Waals surface area contributed by atoms with Crippen LogP contribution in [-0.4, -0.2) is 31.3 Å². The highest BCUT2D eigenvalue weighted by Gasteiger charge is 2.25. The van der Waals surface area contributed by atoms with Gasteiger partial charge in [-0.1, -0.05) is 12.1 Å². The van der Waals surface area contributed by atoms with Crippen LogP contribution in [0.25, 0.3) is 0 Å². The van der Waals surface area contributed by atoms with E-state index in [9.17, 15) is 4.79 Å². The molecule has 0 bridgehead atoms. The van der Waals surface area contributed by atoms with E-state index in [0.29, 0.717) is 13.0 Å². The van der Waals surface area contributed by atoms with Crippen molar-refractivity contribution in [3.05, 3.63) is 29.8 Å². The van der Waals surface area contributed by atoms with E-state index < -0.39 is 11.4 Å². The normalized spacial score (nSPS) is 11.3. The summed E-state index contributed by atoms with van der Waals surface area (Å²) in [5, 5.41) is 12.3. The number of carboxylic acid groups (broad SMARTS) is 1. The third kappa shape index (κ3) is 5.30. The second-order valence-corrected chi connectivity index (χ2v) is 5.29. The maximum absolute atomic E-state index is 10.9. The zero-order valence-electron chi connectivity index (χ0n) is 11.9. The van der Waals surface area contributed by atoms with Crippen molar-refractivity contribution in [2.75, 3.05) is 20.2 Å². The number of ether oxygens (including phenoxy) is 1. The number of carbonyl (C=O) groups is 1. The number of hydrogen-bond acceptors (Lipinski definition) is 3. The molecule has 0 aliphatic carbocycles. The van der Waals surface area contributed by atoms with Gasteiger partial charge < -0.3 is 15.2 Å². The summed E-state index contributed by atoms with van der Waals surface area (Å²) in [6.45, 7) is 5.05. The summed E-state index contributed by atoms with van der Waals surface area (Å²) in [5.74, 6) is 0.117. The van der Waals surface area contributed by atoms with Crippen LogP contribution in [0.1, 0.15) is 25.8 Å². The van der Waals surface area contributed by atoms with Gasteiger partial charge in [0, 0.05) is 0 Å². The Morgan fingerprint density at radius 2 is 2.11 bits per heavy atom. The molecule has 2 N–H and O–H groups in total. The molecule has 1 aromatic carbocycles. The van der Waals surface area contributed by atoms with E-state index in [1.54, 1.807) is 21.0 Å². The predicted octanol–water partition coefficient (Wildman–Crippen LogP) is 2.33. The predicted molar refractivity (Wildman–Crippen MR) is 75.6 cm³/mol. The molecule has 0 saturated carbocycles. The number of aliphatic carboxylic acids is 1. The highest BCUT2D eigenvalue weighted by atomic mass is 16.5. The number of carboxylic acids is 1. The Balaban J connectivity index is 2.26. The molecule has 0 spiro atoms. The number of nitrogens with one attached hydrogen (secondary N) is 1. The molecule has 4 nitrogen and oxygen atoms in total. The van der Waals surface area contributed by atoms with Gasteiger partial charge in [-0.3, -0.25) is 4.79 Å². The monoisotopic (exact) mass is 265 g/mol. The average Bonchev–Trinajstić information content (AvgIpc) is 2.38. The number of hydrogen-bond donors (Lipinski definition) is 2. The fourth-order valence-corrected chi connectivity index (χ4v) is 1.69. The molecular formula is C15H23NO3. The quantitative estimate of drug-likeness (QED) is 0.708. The van der Waals surface area contributed by atoms with E-state index in [4.69, 9.17) is 9.84 Å². The van der Waals surface area contributed by atoms with Crippen LogP contribution in [0.15, 0.2) is 24.3 Å². The summed E-state index contributed by atoms with van der Waals surface area (Å²) >= 11 is 0. The van der Waals surface area contributed by atoms with E-state index in [2.05, 4.69) is 11.4 Å². The first-order valence-electron chi connectivity index (χ1n) is 6.53. The van der Waals surface area contributed by atoms with Gasteiger partial charge in [-0.15, -0.1) is 0 Å². The van der Waals surface area contributed by atoms with Crippen LogP contribution < -0.4 is 10.1 Å². The molecule has 0 radical (unpaired) electrons. The topological polar surface area (TPSA) is 58.6 Å². The van der Waals surface area contributed by atoms with Gasteiger partial charge in [-0.05, 0) is 57.5 Å². The van der Waals surface area contributed by atoms with Gasteiger partial charge >= 0.3 is 5.97 Å². The average molecular weight is 265 g/mol. The lowest BCUT2D eigenvalue weighted by Crippen LogP contribution is -2.29. The molecule has 0 aromatic heterocycles. The van der Waals surface area contributed by atoms with Crippen molar-refractivity contribution in [2.24, 2.45) is 5.41 Å². The molecule has 0 aliphatic heterocycles. The van der Waals surface area contributed by atoms with Crippen molar-refractivity contribution < 1.29 is 14.6 Å². The molecule has 4 heteroatoms. The highest BCUT2D eigenvalue weighted by Crippen LogP contribution is 2.19. The molecular weight excluding hydrogens is 242 g/mol. The van der Waals surface area contributed by atoms with Crippen molar-refractivity contribution in [3.63, 3.8) is 0 Å². The molecule has 0 saturated heterocycles. The van der Waals surface area contributed by atoms with Crippen molar-refractivity contribution in [1.29, 1.82) is 0 Å². The Hall–Kier alpha value is -1.55. The minimum absolute atomic E-state index is 0.625. The largest absolute Gasteiger partial charge is 0.497 e. The van der Waals surface area contributed by atoms with Crippen molar-refractivity contribution in [3.8, 4) is 5.75 Å². The molecule has 0 aliphatic rings. The van der Waals surface area contributed by atoms with Gasteiger partial charge in [-0.25, -0.2) is 0 Å². The van der Waals surface area contributed by atoms with E-state index in [1.165, 1.54) is 5.56 Å². The maximum atomic E-state index is 10.9. The summed E-state index contributed by atoms with van der Waals surface area (Å²) in [4.78, 5) is 10.9. The second-order valence-electron chi connectivity index (χ2n) is 5.29. The van der Waals surface area contributed by atoms with E-state index in [0.717, 1.165) is 18.7 Å². The van der Waals surface area contributed by atoms with Crippen LogP contribution in [0, 0.1) is 5.41 Å². The molecule has 0 atom stereocenters. The Morgan fingerprint density at radius 3 is 2.74 bits per heavy atom. The number of benzene rings is 1. The third-order valence-electron chi connectivity index (χ3n) is 3.23. The van der Waals surface area contributed by atoms with Crippen LogP contribution in [0.3, 0.4) is 0 Å². The molecule has 0 amide bonds. The molecule has 106 valence electrons. The minimum atomic E-state index is -0.748. The van der Waals surface area contributed by atoms with Gasteiger partial charge in [-0.2, -0.15) is 0 Å². The number of methoxy groups -OCH3 is 1. The Labute approximate surface area is 114 Å². The molecule has 0 unspecified atom stereocenters. The van der Waals surface area contributed by atoms with Gasteiger partial charge in [0.05, 0.1) is 12.5 Å². The van der Waals surface area contributed by atoms with Gasteiger partial charge in [0.15, 0.2) is 0 Å². The van der Waals surface area contributed by atoms with Crippen LogP contribution in [0.5, 0.6) is 5.75 Å². The first kappa shape index (κ1) is 15.5. The second kappa shape index (κ2) is 7.14. The Bertz CT molecular complexity index is 416. The molecule has 1 rings (SSSR count). The zero-order chi connectivity index (χ0) is 14.3. The lowest BCUT2D eigenvalue weighted by molar-refractivity contribution is -0.147. The Morgan fingerprint density at radius 1 is 1.37 bits per heavy atom. The van der Waals surface area contributed by atoms with E-state index >= 15 is 0 Å². The summed E-state index contributed by atoms with van der Waals surface area (Å²) in [7, 11) is 1.66. The SMILES string of the molecule is COc1cccc(CCNCCC(C)(C)C(=O)O)c1. The summed E-state index contributed by atoms with van der Waals surface area (Å²) in [6, 6.07) is 7.97. The molecule has 19 heavy (non-hydrogen) atoms. The first-order valence-corrected chi connectivity index (χ1v) is 6.53. The van der Waals surface area contributed by atoms with E-state index in [-0.39, 0.29) is 0 Å².